The third-order valence-corrected chi connectivity index (χ3v) is 3.46. The second-order valence-corrected chi connectivity index (χ2v) is 4.98. The number of halogens is 3. The zero-order chi connectivity index (χ0) is 14.9. The summed E-state index contributed by atoms with van der Waals surface area (Å²) in [5.74, 6) is -2.60. The highest BCUT2D eigenvalue weighted by atomic mass is 79.9. The molecular formula is C13H10BrF2N3O. The largest absolute Gasteiger partial charge is 0.398 e. The zero-order valence-electron chi connectivity index (χ0n) is 10.4. The van der Waals surface area contributed by atoms with E-state index in [1.165, 1.54) is 6.20 Å². The second kappa shape index (κ2) is 5.54. The fourth-order valence-corrected chi connectivity index (χ4v) is 1.77. The lowest BCUT2D eigenvalue weighted by Crippen LogP contribution is -2.15. The average Bonchev–Trinajstić information content (AvgIpc) is 2.38. The Bertz CT molecular complexity index is 692. The van der Waals surface area contributed by atoms with Gasteiger partial charge in [0.25, 0.3) is 5.91 Å². The first-order valence-corrected chi connectivity index (χ1v) is 6.36. The van der Waals surface area contributed by atoms with Gasteiger partial charge in [0.1, 0.15) is 5.82 Å². The number of anilines is 2. The molecule has 1 aromatic heterocycles. The van der Waals surface area contributed by atoms with Gasteiger partial charge in [-0.1, -0.05) is 0 Å². The molecule has 1 heterocycles. The number of amides is 1. The van der Waals surface area contributed by atoms with E-state index in [0.29, 0.717) is 5.82 Å². The number of carbonyl (C=O) groups excluding carboxylic acids is 1. The maximum absolute atomic E-state index is 13.1. The van der Waals surface area contributed by atoms with E-state index in [-0.39, 0.29) is 11.3 Å². The minimum Gasteiger partial charge on any atom is -0.398 e. The molecule has 2 aromatic rings. The predicted molar refractivity (Wildman–Crippen MR) is 75.4 cm³/mol. The number of pyridine rings is 1. The van der Waals surface area contributed by atoms with Gasteiger partial charge in [-0.3, -0.25) is 4.79 Å². The van der Waals surface area contributed by atoms with E-state index in [9.17, 15) is 13.6 Å². The summed E-state index contributed by atoms with van der Waals surface area (Å²) in [6, 6.07) is 3.16. The molecule has 0 radical (unpaired) electrons. The van der Waals surface area contributed by atoms with Crippen LogP contribution >= 0.6 is 15.9 Å². The molecule has 0 spiro atoms. The molecular weight excluding hydrogens is 332 g/mol. The molecule has 0 saturated carbocycles. The van der Waals surface area contributed by atoms with Gasteiger partial charge in [0.2, 0.25) is 0 Å². The standard InChI is InChI=1S/C13H10BrF2N3O/c1-6-2-12(18-5-8(6)14)19-13(20)7-3-9(15)10(16)4-11(7)17/h2-5H,17H2,1H3,(H,18,19,20). The van der Waals surface area contributed by atoms with Gasteiger partial charge in [0.15, 0.2) is 11.6 Å². The summed E-state index contributed by atoms with van der Waals surface area (Å²) in [5.41, 5.74) is 6.08. The number of benzene rings is 1. The highest BCUT2D eigenvalue weighted by molar-refractivity contribution is 9.10. The number of carbonyl (C=O) groups is 1. The molecule has 104 valence electrons. The van der Waals surface area contributed by atoms with Crippen molar-refractivity contribution in [1.29, 1.82) is 0 Å². The summed E-state index contributed by atoms with van der Waals surface area (Å²) in [4.78, 5) is 15.9. The van der Waals surface area contributed by atoms with Crippen LogP contribution in [0.4, 0.5) is 20.3 Å². The smallest absolute Gasteiger partial charge is 0.259 e. The Kier molecular flexibility index (Phi) is 3.99. The van der Waals surface area contributed by atoms with Crippen LogP contribution in [-0.2, 0) is 0 Å². The van der Waals surface area contributed by atoms with Crippen LogP contribution in [0.25, 0.3) is 0 Å². The SMILES string of the molecule is Cc1cc(NC(=O)c2cc(F)c(F)cc2N)ncc1Br. The Labute approximate surface area is 122 Å². The summed E-state index contributed by atoms with van der Waals surface area (Å²) in [6.45, 7) is 1.83. The molecule has 0 aliphatic carbocycles. The predicted octanol–water partition coefficient (Wildman–Crippen LogP) is 3.27. The quantitative estimate of drug-likeness (QED) is 0.823. The van der Waals surface area contributed by atoms with Crippen LogP contribution in [0.1, 0.15) is 15.9 Å². The lowest BCUT2D eigenvalue weighted by Gasteiger charge is -2.08. The number of hydrogen-bond donors (Lipinski definition) is 2. The molecule has 2 rings (SSSR count). The number of nitrogen functional groups attached to an aromatic ring is 1. The Morgan fingerprint density at radius 1 is 1.30 bits per heavy atom. The molecule has 0 aliphatic rings. The molecule has 0 bridgehead atoms. The number of aromatic nitrogens is 1. The van der Waals surface area contributed by atoms with E-state index in [0.717, 1.165) is 22.2 Å². The first-order chi connectivity index (χ1) is 9.38. The summed E-state index contributed by atoms with van der Waals surface area (Å²) in [5, 5.41) is 2.47. The van der Waals surface area contributed by atoms with Crippen molar-refractivity contribution in [3.8, 4) is 0 Å². The van der Waals surface area contributed by atoms with Crippen molar-refractivity contribution in [3.05, 3.63) is 51.6 Å². The molecule has 0 unspecified atom stereocenters. The van der Waals surface area contributed by atoms with Crippen LogP contribution in [-0.4, -0.2) is 10.9 Å². The van der Waals surface area contributed by atoms with Crippen molar-refractivity contribution >= 4 is 33.3 Å². The van der Waals surface area contributed by atoms with E-state index in [2.05, 4.69) is 26.2 Å². The first kappa shape index (κ1) is 14.4. The molecule has 7 heteroatoms. The van der Waals surface area contributed by atoms with Gasteiger partial charge in [-0.25, -0.2) is 13.8 Å². The number of rotatable bonds is 2. The van der Waals surface area contributed by atoms with Crippen LogP contribution < -0.4 is 11.1 Å². The summed E-state index contributed by atoms with van der Waals surface area (Å²) in [6.07, 6.45) is 1.53. The van der Waals surface area contributed by atoms with Crippen LogP contribution in [0.5, 0.6) is 0 Å². The molecule has 1 amide bonds. The number of nitrogens with zero attached hydrogens (tertiary/aromatic N) is 1. The van der Waals surface area contributed by atoms with Gasteiger partial charge in [-0.2, -0.15) is 0 Å². The molecule has 0 saturated heterocycles. The van der Waals surface area contributed by atoms with E-state index >= 15 is 0 Å². The molecule has 0 fully saturated rings. The van der Waals surface area contributed by atoms with Crippen LogP contribution in [0.3, 0.4) is 0 Å². The van der Waals surface area contributed by atoms with Gasteiger partial charge < -0.3 is 11.1 Å². The fraction of sp³-hybridized carbons (Fsp3) is 0.0769. The maximum Gasteiger partial charge on any atom is 0.259 e. The van der Waals surface area contributed by atoms with E-state index < -0.39 is 17.5 Å². The van der Waals surface area contributed by atoms with E-state index in [1.807, 2.05) is 6.92 Å². The molecule has 20 heavy (non-hydrogen) atoms. The third-order valence-electron chi connectivity index (χ3n) is 2.63. The van der Waals surface area contributed by atoms with E-state index in [1.54, 1.807) is 6.07 Å². The molecule has 3 N–H and O–H groups in total. The Morgan fingerprint density at radius 2 is 1.95 bits per heavy atom. The lowest BCUT2D eigenvalue weighted by atomic mass is 10.1. The van der Waals surface area contributed by atoms with Gasteiger partial charge in [-0.15, -0.1) is 0 Å². The van der Waals surface area contributed by atoms with Gasteiger partial charge in [-0.05, 0) is 40.5 Å². The summed E-state index contributed by atoms with van der Waals surface area (Å²) >= 11 is 3.28. The minimum absolute atomic E-state index is 0.143. The monoisotopic (exact) mass is 341 g/mol. The van der Waals surface area contributed by atoms with Gasteiger partial charge in [0, 0.05) is 22.4 Å². The molecule has 1 aromatic carbocycles. The highest BCUT2D eigenvalue weighted by Gasteiger charge is 2.15. The van der Waals surface area contributed by atoms with Crippen LogP contribution in [0, 0.1) is 18.6 Å². The van der Waals surface area contributed by atoms with Crippen LogP contribution in [0.2, 0.25) is 0 Å². The average molecular weight is 342 g/mol. The Balaban J connectivity index is 2.28. The normalized spacial score (nSPS) is 10.4. The molecule has 0 atom stereocenters. The summed E-state index contributed by atoms with van der Waals surface area (Å²) in [7, 11) is 0. The molecule has 4 nitrogen and oxygen atoms in total. The maximum atomic E-state index is 13.1. The fourth-order valence-electron chi connectivity index (χ4n) is 1.55. The number of aryl methyl sites for hydroxylation is 1. The number of nitrogens with two attached hydrogens (primary N) is 1. The zero-order valence-corrected chi connectivity index (χ0v) is 12.0. The number of hydrogen-bond acceptors (Lipinski definition) is 3. The van der Waals surface area contributed by atoms with Crippen molar-refractivity contribution in [1.82, 2.24) is 4.98 Å². The number of nitrogens with one attached hydrogen (secondary N) is 1. The molecule has 0 aliphatic heterocycles. The third kappa shape index (κ3) is 2.93. The summed E-state index contributed by atoms with van der Waals surface area (Å²) < 4.78 is 26.9. The second-order valence-electron chi connectivity index (χ2n) is 4.13. The van der Waals surface area contributed by atoms with Crippen molar-refractivity contribution in [2.75, 3.05) is 11.1 Å². The van der Waals surface area contributed by atoms with Gasteiger partial charge in [0.05, 0.1) is 5.56 Å². The minimum atomic E-state index is -1.13. The van der Waals surface area contributed by atoms with Crippen molar-refractivity contribution in [3.63, 3.8) is 0 Å². The van der Waals surface area contributed by atoms with Gasteiger partial charge >= 0.3 is 0 Å². The Morgan fingerprint density at radius 3 is 2.60 bits per heavy atom. The first-order valence-electron chi connectivity index (χ1n) is 5.56. The van der Waals surface area contributed by atoms with Crippen LogP contribution in [0.15, 0.2) is 28.9 Å². The van der Waals surface area contributed by atoms with Crippen molar-refractivity contribution in [2.45, 2.75) is 6.92 Å². The van der Waals surface area contributed by atoms with E-state index in [4.69, 9.17) is 5.73 Å². The van der Waals surface area contributed by atoms with Crippen molar-refractivity contribution in [2.24, 2.45) is 0 Å². The Hall–Kier alpha value is -2.02. The topological polar surface area (TPSA) is 68.0 Å². The lowest BCUT2D eigenvalue weighted by molar-refractivity contribution is 0.102. The van der Waals surface area contributed by atoms with Crippen molar-refractivity contribution < 1.29 is 13.6 Å². The highest BCUT2D eigenvalue weighted by Crippen LogP contribution is 2.20.